The van der Waals surface area contributed by atoms with E-state index in [9.17, 15) is 13.2 Å². The second kappa shape index (κ2) is 5.09. The maximum Gasteiger partial charge on any atom is 0.339 e. The van der Waals surface area contributed by atoms with Gasteiger partial charge in [-0.2, -0.15) is 0 Å². The molecule has 0 unspecified atom stereocenters. The van der Waals surface area contributed by atoms with Crippen LogP contribution in [0.3, 0.4) is 0 Å². The van der Waals surface area contributed by atoms with Gasteiger partial charge in [0.15, 0.2) is 0 Å². The summed E-state index contributed by atoms with van der Waals surface area (Å²) >= 11 is 0. The molecule has 0 aliphatic carbocycles. The van der Waals surface area contributed by atoms with Crippen molar-refractivity contribution >= 4 is 21.8 Å². The van der Waals surface area contributed by atoms with Crippen molar-refractivity contribution in [3.8, 4) is 0 Å². The van der Waals surface area contributed by atoms with Crippen LogP contribution in [0.15, 0.2) is 6.20 Å². The SMILES string of the molecule is Cc1nc(NCCS(C)(=O)=O)ncc1C(=O)O. The molecule has 1 rings (SSSR count). The number of carboxylic acid groups (broad SMARTS) is 1. The molecule has 0 amide bonds. The highest BCUT2D eigenvalue weighted by Crippen LogP contribution is 2.06. The Balaban J connectivity index is 2.68. The number of aryl methyl sites for hydroxylation is 1. The van der Waals surface area contributed by atoms with Crippen LogP contribution in [-0.4, -0.2) is 48.0 Å². The van der Waals surface area contributed by atoms with Crippen LogP contribution in [0.1, 0.15) is 16.1 Å². The first-order valence-electron chi connectivity index (χ1n) is 4.78. The molecule has 1 heterocycles. The molecule has 17 heavy (non-hydrogen) atoms. The van der Waals surface area contributed by atoms with Gasteiger partial charge in [0.05, 0.1) is 17.0 Å². The molecule has 0 saturated carbocycles. The number of rotatable bonds is 5. The van der Waals surface area contributed by atoms with E-state index in [0.29, 0.717) is 5.69 Å². The lowest BCUT2D eigenvalue weighted by atomic mass is 10.2. The summed E-state index contributed by atoms with van der Waals surface area (Å²) in [6.07, 6.45) is 2.32. The van der Waals surface area contributed by atoms with Gasteiger partial charge in [0, 0.05) is 19.0 Å². The van der Waals surface area contributed by atoms with Crippen LogP contribution < -0.4 is 5.32 Å². The zero-order chi connectivity index (χ0) is 13.1. The highest BCUT2D eigenvalue weighted by molar-refractivity contribution is 7.90. The predicted octanol–water partition coefficient (Wildman–Crippen LogP) is -0.0603. The highest BCUT2D eigenvalue weighted by atomic mass is 32.2. The molecule has 0 fully saturated rings. The van der Waals surface area contributed by atoms with Gasteiger partial charge in [-0.05, 0) is 6.92 Å². The molecule has 94 valence electrons. The normalized spacial score (nSPS) is 11.2. The van der Waals surface area contributed by atoms with Crippen molar-refractivity contribution in [1.82, 2.24) is 9.97 Å². The first-order valence-corrected chi connectivity index (χ1v) is 6.84. The number of nitrogens with zero attached hydrogens (tertiary/aromatic N) is 2. The van der Waals surface area contributed by atoms with Crippen molar-refractivity contribution in [2.24, 2.45) is 0 Å². The Kier molecular flexibility index (Phi) is 4.00. The maximum absolute atomic E-state index is 10.9. The Morgan fingerprint density at radius 3 is 2.65 bits per heavy atom. The first kappa shape index (κ1) is 13.4. The van der Waals surface area contributed by atoms with E-state index in [1.807, 2.05) is 0 Å². The lowest BCUT2D eigenvalue weighted by Crippen LogP contribution is -2.16. The van der Waals surface area contributed by atoms with Gasteiger partial charge >= 0.3 is 5.97 Å². The average Bonchev–Trinajstić information content (AvgIpc) is 2.15. The molecule has 0 saturated heterocycles. The maximum atomic E-state index is 10.9. The van der Waals surface area contributed by atoms with Gasteiger partial charge < -0.3 is 10.4 Å². The zero-order valence-electron chi connectivity index (χ0n) is 9.47. The van der Waals surface area contributed by atoms with Crippen molar-refractivity contribution in [3.05, 3.63) is 17.5 Å². The Bertz CT molecular complexity index is 527. The van der Waals surface area contributed by atoms with Gasteiger partial charge in [0.1, 0.15) is 9.84 Å². The zero-order valence-corrected chi connectivity index (χ0v) is 10.3. The van der Waals surface area contributed by atoms with Crippen LogP contribution in [0.4, 0.5) is 5.95 Å². The third kappa shape index (κ3) is 4.35. The summed E-state index contributed by atoms with van der Waals surface area (Å²) < 4.78 is 21.7. The van der Waals surface area contributed by atoms with Crippen LogP contribution in [0.25, 0.3) is 0 Å². The molecule has 0 aromatic carbocycles. The second-order valence-electron chi connectivity index (χ2n) is 3.55. The minimum Gasteiger partial charge on any atom is -0.478 e. The van der Waals surface area contributed by atoms with Gasteiger partial charge in [-0.3, -0.25) is 0 Å². The molecule has 1 aromatic heterocycles. The molecular weight excluding hydrogens is 246 g/mol. The Morgan fingerprint density at radius 2 is 2.18 bits per heavy atom. The van der Waals surface area contributed by atoms with E-state index >= 15 is 0 Å². The van der Waals surface area contributed by atoms with Crippen LogP contribution >= 0.6 is 0 Å². The number of hydrogen-bond acceptors (Lipinski definition) is 6. The van der Waals surface area contributed by atoms with Crippen LogP contribution in [0.2, 0.25) is 0 Å². The van der Waals surface area contributed by atoms with E-state index in [2.05, 4.69) is 15.3 Å². The monoisotopic (exact) mass is 259 g/mol. The first-order chi connectivity index (χ1) is 7.79. The summed E-state index contributed by atoms with van der Waals surface area (Å²) in [6, 6.07) is 0. The largest absolute Gasteiger partial charge is 0.478 e. The lowest BCUT2D eigenvalue weighted by Gasteiger charge is -2.05. The Morgan fingerprint density at radius 1 is 1.53 bits per heavy atom. The summed E-state index contributed by atoms with van der Waals surface area (Å²) in [5, 5.41) is 11.5. The average molecular weight is 259 g/mol. The molecule has 0 atom stereocenters. The van der Waals surface area contributed by atoms with Crippen molar-refractivity contribution in [2.45, 2.75) is 6.92 Å². The van der Waals surface area contributed by atoms with E-state index in [4.69, 9.17) is 5.11 Å². The van der Waals surface area contributed by atoms with E-state index in [1.165, 1.54) is 6.20 Å². The molecular formula is C9H13N3O4S. The predicted molar refractivity (Wildman–Crippen MR) is 61.9 cm³/mol. The number of nitrogens with one attached hydrogen (secondary N) is 1. The standard InChI is InChI=1S/C9H13N3O4S/c1-6-7(8(13)14)5-11-9(12-6)10-3-4-17(2,15)16/h5H,3-4H2,1-2H3,(H,13,14)(H,10,11,12). The fourth-order valence-electron chi connectivity index (χ4n) is 1.11. The molecule has 0 aliphatic heterocycles. The number of sulfone groups is 1. The van der Waals surface area contributed by atoms with E-state index in [-0.39, 0.29) is 23.8 Å². The fraction of sp³-hybridized carbons (Fsp3) is 0.444. The molecule has 7 nitrogen and oxygen atoms in total. The highest BCUT2D eigenvalue weighted by Gasteiger charge is 2.10. The summed E-state index contributed by atoms with van der Waals surface area (Å²) in [7, 11) is -3.04. The number of carbonyl (C=O) groups is 1. The van der Waals surface area contributed by atoms with Crippen molar-refractivity contribution in [3.63, 3.8) is 0 Å². The molecule has 0 aliphatic rings. The van der Waals surface area contributed by atoms with E-state index < -0.39 is 15.8 Å². The number of anilines is 1. The Labute approximate surface area is 98.8 Å². The van der Waals surface area contributed by atoms with Crippen molar-refractivity contribution < 1.29 is 18.3 Å². The summed E-state index contributed by atoms with van der Waals surface area (Å²) in [6.45, 7) is 1.73. The minimum absolute atomic E-state index is 0.0265. The number of aromatic nitrogens is 2. The van der Waals surface area contributed by atoms with Crippen molar-refractivity contribution in [2.75, 3.05) is 23.9 Å². The fourth-order valence-corrected chi connectivity index (χ4v) is 1.58. The number of hydrogen-bond donors (Lipinski definition) is 2. The number of carboxylic acids is 1. The topological polar surface area (TPSA) is 109 Å². The molecule has 0 spiro atoms. The van der Waals surface area contributed by atoms with Crippen LogP contribution in [0.5, 0.6) is 0 Å². The smallest absolute Gasteiger partial charge is 0.339 e. The molecule has 0 bridgehead atoms. The van der Waals surface area contributed by atoms with E-state index in [0.717, 1.165) is 6.26 Å². The minimum atomic E-state index is -3.04. The molecule has 8 heteroatoms. The van der Waals surface area contributed by atoms with Gasteiger partial charge in [-0.25, -0.2) is 23.2 Å². The van der Waals surface area contributed by atoms with Gasteiger partial charge in [0.25, 0.3) is 0 Å². The lowest BCUT2D eigenvalue weighted by molar-refractivity contribution is 0.0695. The van der Waals surface area contributed by atoms with Crippen molar-refractivity contribution in [1.29, 1.82) is 0 Å². The molecule has 0 radical (unpaired) electrons. The third-order valence-electron chi connectivity index (χ3n) is 1.97. The summed E-state index contributed by atoms with van der Waals surface area (Å²) in [4.78, 5) is 18.4. The summed E-state index contributed by atoms with van der Waals surface area (Å²) in [5.74, 6) is -0.905. The van der Waals surface area contributed by atoms with Gasteiger partial charge in [0.2, 0.25) is 5.95 Å². The van der Waals surface area contributed by atoms with Gasteiger partial charge in [-0.1, -0.05) is 0 Å². The molecule has 2 N–H and O–H groups in total. The molecule has 1 aromatic rings. The van der Waals surface area contributed by atoms with E-state index in [1.54, 1.807) is 6.92 Å². The van der Waals surface area contributed by atoms with Crippen LogP contribution in [0, 0.1) is 6.92 Å². The Hall–Kier alpha value is -1.70. The number of aromatic carboxylic acids is 1. The third-order valence-corrected chi connectivity index (χ3v) is 2.91. The summed E-state index contributed by atoms with van der Waals surface area (Å²) in [5.41, 5.74) is 0.355. The second-order valence-corrected chi connectivity index (χ2v) is 5.81. The van der Waals surface area contributed by atoms with Gasteiger partial charge in [-0.15, -0.1) is 0 Å². The quantitative estimate of drug-likeness (QED) is 0.762. The van der Waals surface area contributed by atoms with Crippen LogP contribution in [-0.2, 0) is 9.84 Å².